The van der Waals surface area contributed by atoms with E-state index in [4.69, 9.17) is 17.3 Å². The van der Waals surface area contributed by atoms with Crippen LogP contribution in [0.15, 0.2) is 30.3 Å². The molecule has 0 aliphatic rings. The lowest BCUT2D eigenvalue weighted by Gasteiger charge is -2.07. The molecular weight excluding hydrogens is 308 g/mol. The highest BCUT2D eigenvalue weighted by atomic mass is 35.5. The van der Waals surface area contributed by atoms with E-state index < -0.39 is 5.91 Å². The molecule has 0 unspecified atom stereocenters. The topological polar surface area (TPSA) is 80.9 Å². The number of hydrogen-bond acceptors (Lipinski definition) is 5. The summed E-state index contributed by atoms with van der Waals surface area (Å²) >= 11 is 7.50. The molecule has 3 rings (SSSR count). The van der Waals surface area contributed by atoms with E-state index >= 15 is 0 Å². The number of anilines is 1. The molecule has 0 aliphatic carbocycles. The van der Waals surface area contributed by atoms with Crippen molar-refractivity contribution in [1.82, 2.24) is 9.97 Å². The maximum absolute atomic E-state index is 11.4. The number of hydrogen-bond donors (Lipinski definition) is 2. The van der Waals surface area contributed by atoms with Crippen molar-refractivity contribution in [2.75, 3.05) is 12.4 Å². The number of fused-ring (bicyclic) bond motifs is 1. The molecule has 3 N–H and O–H groups in total. The smallest absolute Gasteiger partial charge is 0.258 e. The number of thiophene rings is 1. The van der Waals surface area contributed by atoms with E-state index in [9.17, 15) is 4.79 Å². The van der Waals surface area contributed by atoms with Gasteiger partial charge in [0.05, 0.1) is 10.6 Å². The summed E-state index contributed by atoms with van der Waals surface area (Å²) in [4.78, 5) is 21.3. The van der Waals surface area contributed by atoms with E-state index in [1.807, 2.05) is 18.2 Å². The zero-order valence-electron chi connectivity index (χ0n) is 11.1. The number of nitrogens with one attached hydrogen (secondary N) is 1. The van der Waals surface area contributed by atoms with Gasteiger partial charge in [-0.3, -0.25) is 4.79 Å². The Hall–Kier alpha value is -2.18. The number of carbonyl (C=O) groups is 1. The third-order valence-corrected chi connectivity index (χ3v) is 4.36. The minimum atomic E-state index is -0.478. The number of carbonyl (C=O) groups excluding carboxylic acids is 1. The summed E-state index contributed by atoms with van der Waals surface area (Å²) < 4.78 is 0. The van der Waals surface area contributed by atoms with Crippen LogP contribution in [0.4, 0.5) is 5.95 Å². The van der Waals surface area contributed by atoms with Gasteiger partial charge in [0, 0.05) is 23.0 Å². The average molecular weight is 319 g/mol. The number of aromatic nitrogens is 2. The molecule has 7 heteroatoms. The highest BCUT2D eigenvalue weighted by Crippen LogP contribution is 2.35. The number of primary amides is 1. The second-order valence-electron chi connectivity index (χ2n) is 4.32. The average Bonchev–Trinajstić information content (AvgIpc) is 2.91. The Morgan fingerprint density at radius 1 is 1.33 bits per heavy atom. The lowest BCUT2D eigenvalue weighted by atomic mass is 10.1. The number of benzene rings is 1. The fourth-order valence-electron chi connectivity index (χ4n) is 2.01. The molecule has 21 heavy (non-hydrogen) atoms. The Bertz CT molecular complexity index is 846. The van der Waals surface area contributed by atoms with Gasteiger partial charge in [-0.15, -0.1) is 11.3 Å². The van der Waals surface area contributed by atoms with E-state index in [2.05, 4.69) is 15.3 Å². The van der Waals surface area contributed by atoms with E-state index in [-0.39, 0.29) is 0 Å². The zero-order valence-corrected chi connectivity index (χ0v) is 12.6. The van der Waals surface area contributed by atoms with Gasteiger partial charge in [0.1, 0.15) is 4.83 Å². The third-order valence-electron chi connectivity index (χ3n) is 2.99. The van der Waals surface area contributed by atoms with Gasteiger partial charge in [-0.2, -0.15) is 0 Å². The van der Waals surface area contributed by atoms with Crippen molar-refractivity contribution in [3.8, 4) is 11.3 Å². The zero-order chi connectivity index (χ0) is 15.0. The normalized spacial score (nSPS) is 10.8. The van der Waals surface area contributed by atoms with Crippen LogP contribution in [0, 0.1) is 0 Å². The Labute approximate surface area is 129 Å². The third kappa shape index (κ3) is 2.43. The van der Waals surface area contributed by atoms with Gasteiger partial charge in [0.25, 0.3) is 5.91 Å². The monoisotopic (exact) mass is 318 g/mol. The molecule has 0 atom stereocenters. The Morgan fingerprint density at radius 3 is 2.76 bits per heavy atom. The first-order chi connectivity index (χ1) is 10.1. The van der Waals surface area contributed by atoms with Gasteiger partial charge in [0.15, 0.2) is 0 Å². The Kier molecular flexibility index (Phi) is 3.48. The van der Waals surface area contributed by atoms with Gasteiger partial charge in [0.2, 0.25) is 5.95 Å². The van der Waals surface area contributed by atoms with Gasteiger partial charge < -0.3 is 11.1 Å². The highest BCUT2D eigenvalue weighted by Gasteiger charge is 2.16. The molecular formula is C14H11ClN4OS. The van der Waals surface area contributed by atoms with Crippen molar-refractivity contribution in [2.45, 2.75) is 0 Å². The standard InChI is InChI=1S/C14H11ClN4OS/c1-17-14-18-11(7-4-2-3-5-9(7)15)8-6-10(12(16)20)21-13(8)19-14/h2-6H,1H3,(H2,16,20)(H,17,18,19). The van der Waals surface area contributed by atoms with Crippen LogP contribution in [0.2, 0.25) is 5.02 Å². The van der Waals surface area contributed by atoms with Gasteiger partial charge in [-0.05, 0) is 12.1 Å². The molecule has 106 valence electrons. The van der Waals surface area contributed by atoms with Crippen LogP contribution < -0.4 is 11.1 Å². The second-order valence-corrected chi connectivity index (χ2v) is 5.76. The summed E-state index contributed by atoms with van der Waals surface area (Å²) in [5.74, 6) is -0.00981. The summed E-state index contributed by atoms with van der Waals surface area (Å²) in [6, 6.07) is 9.12. The minimum absolute atomic E-state index is 0.445. The van der Waals surface area contributed by atoms with Crippen molar-refractivity contribution in [2.24, 2.45) is 5.73 Å². The molecule has 0 radical (unpaired) electrons. The summed E-state index contributed by atoms with van der Waals surface area (Å²) in [5.41, 5.74) is 6.82. The number of amides is 1. The van der Waals surface area contributed by atoms with Crippen LogP contribution in [-0.4, -0.2) is 22.9 Å². The van der Waals surface area contributed by atoms with Crippen molar-refractivity contribution in [3.63, 3.8) is 0 Å². The lowest BCUT2D eigenvalue weighted by molar-refractivity contribution is 0.100. The van der Waals surface area contributed by atoms with Crippen LogP contribution in [0.1, 0.15) is 9.67 Å². The fourth-order valence-corrected chi connectivity index (χ4v) is 3.12. The van der Waals surface area contributed by atoms with Crippen LogP contribution in [-0.2, 0) is 0 Å². The van der Waals surface area contributed by atoms with E-state index in [0.717, 1.165) is 10.9 Å². The van der Waals surface area contributed by atoms with Crippen molar-refractivity contribution >= 4 is 45.0 Å². The van der Waals surface area contributed by atoms with Crippen LogP contribution in [0.25, 0.3) is 21.5 Å². The summed E-state index contributed by atoms with van der Waals surface area (Å²) in [6.45, 7) is 0. The highest BCUT2D eigenvalue weighted by molar-refractivity contribution is 7.20. The first-order valence-electron chi connectivity index (χ1n) is 6.14. The first kappa shape index (κ1) is 13.8. The molecule has 0 bridgehead atoms. The molecule has 0 spiro atoms. The predicted molar refractivity (Wildman–Crippen MR) is 85.9 cm³/mol. The number of nitrogens with zero attached hydrogens (tertiary/aromatic N) is 2. The van der Waals surface area contributed by atoms with Gasteiger partial charge in [-0.25, -0.2) is 9.97 Å². The summed E-state index contributed by atoms with van der Waals surface area (Å²) in [6.07, 6.45) is 0. The summed E-state index contributed by atoms with van der Waals surface area (Å²) in [7, 11) is 1.74. The molecule has 0 saturated carbocycles. The molecule has 1 amide bonds. The van der Waals surface area contributed by atoms with Crippen molar-refractivity contribution < 1.29 is 4.79 Å². The molecule has 1 aromatic carbocycles. The molecule has 3 aromatic rings. The van der Waals surface area contributed by atoms with Gasteiger partial charge >= 0.3 is 0 Å². The maximum Gasteiger partial charge on any atom is 0.258 e. The molecule has 0 saturated heterocycles. The predicted octanol–water partition coefficient (Wildman–Crippen LogP) is 3.15. The molecule has 0 aliphatic heterocycles. The number of rotatable bonds is 3. The molecule has 2 heterocycles. The first-order valence-corrected chi connectivity index (χ1v) is 7.33. The summed E-state index contributed by atoms with van der Waals surface area (Å²) in [5, 5.41) is 4.27. The van der Waals surface area contributed by atoms with E-state index in [1.54, 1.807) is 19.2 Å². The van der Waals surface area contributed by atoms with Crippen LogP contribution in [0.3, 0.4) is 0 Å². The van der Waals surface area contributed by atoms with Gasteiger partial charge in [-0.1, -0.05) is 29.8 Å². The lowest BCUT2D eigenvalue weighted by Crippen LogP contribution is -2.08. The van der Waals surface area contributed by atoms with E-state index in [1.165, 1.54) is 11.3 Å². The van der Waals surface area contributed by atoms with E-state index in [0.29, 0.717) is 26.4 Å². The van der Waals surface area contributed by atoms with Crippen LogP contribution in [0.5, 0.6) is 0 Å². The quantitative estimate of drug-likeness (QED) is 0.777. The Balaban J connectivity index is 2.34. The fraction of sp³-hybridized carbons (Fsp3) is 0.0714. The van der Waals surface area contributed by atoms with Crippen LogP contribution >= 0.6 is 22.9 Å². The molecule has 0 fully saturated rings. The second kappa shape index (κ2) is 5.31. The van der Waals surface area contributed by atoms with Crippen molar-refractivity contribution in [3.05, 3.63) is 40.2 Å². The SMILES string of the molecule is CNc1nc(-c2ccccc2Cl)c2cc(C(N)=O)sc2n1. The number of nitrogens with two attached hydrogens (primary N) is 1. The molecule has 5 nitrogen and oxygen atoms in total. The number of halogens is 1. The minimum Gasteiger partial charge on any atom is -0.365 e. The molecule has 2 aromatic heterocycles. The largest absolute Gasteiger partial charge is 0.365 e. The maximum atomic E-state index is 11.4. The Morgan fingerprint density at radius 2 is 2.10 bits per heavy atom. The van der Waals surface area contributed by atoms with Crippen molar-refractivity contribution in [1.29, 1.82) is 0 Å².